The third-order valence-electron chi connectivity index (χ3n) is 3.65. The Bertz CT molecular complexity index is 598. The van der Waals surface area contributed by atoms with E-state index in [0.717, 1.165) is 35.6 Å². The summed E-state index contributed by atoms with van der Waals surface area (Å²) in [6.45, 7) is 2.12. The lowest BCUT2D eigenvalue weighted by molar-refractivity contribution is 0.419. The van der Waals surface area contributed by atoms with Crippen molar-refractivity contribution in [3.05, 3.63) is 23.2 Å². The van der Waals surface area contributed by atoms with E-state index < -0.39 is 0 Å². The average Bonchev–Trinajstić information content (AvgIpc) is 2.56. The number of imidazole rings is 1. The molecule has 0 amide bonds. The van der Waals surface area contributed by atoms with Crippen LogP contribution in [0.2, 0.25) is 5.02 Å². The van der Waals surface area contributed by atoms with Crippen molar-refractivity contribution in [1.82, 2.24) is 12.7 Å². The maximum atomic E-state index is 6.34. The molecule has 0 aliphatic carbocycles. The Hall–Kier alpha value is -0.530. The molecule has 0 unspecified atom stereocenters. The molecule has 0 bridgehead atoms. The minimum Gasteiger partial charge on any atom is -0.369 e. The number of halogens is 2. The van der Waals surface area contributed by atoms with Crippen LogP contribution in [0.25, 0.3) is 11.0 Å². The predicted molar refractivity (Wildman–Crippen MR) is 87.6 cm³/mol. The number of hydrogen-bond acceptors (Lipinski definition) is 3. The van der Waals surface area contributed by atoms with E-state index in [0.29, 0.717) is 12.0 Å². The van der Waals surface area contributed by atoms with Crippen LogP contribution < -0.4 is 5.73 Å². The zero-order valence-corrected chi connectivity index (χ0v) is 13.4. The van der Waals surface area contributed by atoms with Crippen molar-refractivity contribution in [1.29, 1.82) is 0 Å². The highest BCUT2D eigenvalue weighted by atomic mass is 127. The van der Waals surface area contributed by atoms with Gasteiger partial charge in [0, 0.05) is 36.0 Å². The van der Waals surface area contributed by atoms with E-state index in [1.54, 1.807) is 0 Å². The van der Waals surface area contributed by atoms with Crippen LogP contribution in [0.4, 0.5) is 5.95 Å². The smallest absolute Gasteiger partial charge is 0.201 e. The number of hydrogen-bond donors (Lipinski definition) is 1. The number of nitrogens with two attached hydrogens (primary N) is 1. The fraction of sp³-hybridized carbons (Fsp3) is 0.462. The SMILES string of the molecule is Nc1nc2cccc(Cl)c2n1[C@H]1CCCCN(I)C1. The first-order valence-corrected chi connectivity index (χ1v) is 7.84. The van der Waals surface area contributed by atoms with Crippen molar-refractivity contribution in [3.63, 3.8) is 0 Å². The minimum absolute atomic E-state index is 0.351. The molecule has 1 aromatic carbocycles. The molecule has 1 aromatic heterocycles. The fourth-order valence-electron chi connectivity index (χ4n) is 2.78. The van der Waals surface area contributed by atoms with Crippen molar-refractivity contribution >= 4 is 51.4 Å². The molecule has 1 atom stereocenters. The Morgan fingerprint density at radius 1 is 1.37 bits per heavy atom. The van der Waals surface area contributed by atoms with Crippen LogP contribution in [0.1, 0.15) is 25.3 Å². The number of fused-ring (bicyclic) bond motifs is 1. The van der Waals surface area contributed by atoms with Crippen LogP contribution in [0, 0.1) is 0 Å². The molecule has 1 saturated heterocycles. The molecule has 2 aromatic rings. The molecular weight excluding hydrogens is 375 g/mol. The van der Waals surface area contributed by atoms with Crippen LogP contribution >= 0.6 is 34.5 Å². The number of para-hydroxylation sites is 1. The third kappa shape index (κ3) is 2.55. The summed E-state index contributed by atoms with van der Waals surface area (Å²) in [4.78, 5) is 4.44. The van der Waals surface area contributed by atoms with Crippen molar-refractivity contribution in [3.8, 4) is 0 Å². The number of anilines is 1. The number of nitrogens with zero attached hydrogens (tertiary/aromatic N) is 3. The van der Waals surface area contributed by atoms with E-state index in [1.807, 2.05) is 18.2 Å². The van der Waals surface area contributed by atoms with Gasteiger partial charge < -0.3 is 10.3 Å². The fourth-order valence-corrected chi connectivity index (χ4v) is 3.84. The monoisotopic (exact) mass is 390 g/mol. The molecule has 102 valence electrons. The average molecular weight is 391 g/mol. The second kappa shape index (κ2) is 5.46. The second-order valence-corrected chi connectivity index (χ2v) is 6.74. The summed E-state index contributed by atoms with van der Waals surface area (Å²) in [6.07, 6.45) is 3.58. The van der Waals surface area contributed by atoms with Gasteiger partial charge in [-0.25, -0.2) is 8.10 Å². The summed E-state index contributed by atoms with van der Waals surface area (Å²) in [5.74, 6) is 0.569. The van der Waals surface area contributed by atoms with E-state index in [9.17, 15) is 0 Å². The molecule has 2 N–H and O–H groups in total. The Morgan fingerprint density at radius 3 is 3.05 bits per heavy atom. The van der Waals surface area contributed by atoms with Gasteiger partial charge in [-0.2, -0.15) is 0 Å². The van der Waals surface area contributed by atoms with Gasteiger partial charge in [0.15, 0.2) is 0 Å². The summed E-state index contributed by atoms with van der Waals surface area (Å²) in [5.41, 5.74) is 7.98. The van der Waals surface area contributed by atoms with Crippen molar-refractivity contribution < 1.29 is 0 Å². The Morgan fingerprint density at radius 2 is 2.21 bits per heavy atom. The van der Waals surface area contributed by atoms with E-state index in [1.165, 1.54) is 12.8 Å². The second-order valence-electron chi connectivity index (χ2n) is 4.97. The van der Waals surface area contributed by atoms with Gasteiger partial charge in [0.1, 0.15) is 0 Å². The predicted octanol–water partition coefficient (Wildman–Crippen LogP) is 3.65. The zero-order valence-electron chi connectivity index (χ0n) is 10.5. The molecule has 0 saturated carbocycles. The first kappa shape index (κ1) is 13.5. The topological polar surface area (TPSA) is 47.1 Å². The molecule has 3 rings (SSSR count). The molecule has 1 aliphatic heterocycles. The lowest BCUT2D eigenvalue weighted by Gasteiger charge is -2.22. The summed E-state index contributed by atoms with van der Waals surface area (Å²) < 4.78 is 4.45. The number of rotatable bonds is 1. The molecule has 6 heteroatoms. The summed E-state index contributed by atoms with van der Waals surface area (Å²) in [5, 5.41) is 0.728. The normalized spacial score (nSPS) is 21.7. The van der Waals surface area contributed by atoms with Crippen molar-refractivity contribution in [2.45, 2.75) is 25.3 Å². The molecule has 1 fully saturated rings. The molecule has 1 aliphatic rings. The number of aromatic nitrogens is 2. The number of benzene rings is 1. The van der Waals surface area contributed by atoms with E-state index >= 15 is 0 Å². The third-order valence-corrected chi connectivity index (χ3v) is 4.83. The van der Waals surface area contributed by atoms with Crippen LogP contribution in [0.3, 0.4) is 0 Å². The minimum atomic E-state index is 0.351. The van der Waals surface area contributed by atoms with Crippen molar-refractivity contribution in [2.75, 3.05) is 18.8 Å². The first-order chi connectivity index (χ1) is 9.16. The molecule has 0 radical (unpaired) electrons. The maximum absolute atomic E-state index is 6.34. The molecular formula is C13H16ClIN4. The van der Waals surface area contributed by atoms with Crippen molar-refractivity contribution in [2.24, 2.45) is 0 Å². The van der Waals surface area contributed by atoms with Crippen LogP contribution in [0.5, 0.6) is 0 Å². The van der Waals surface area contributed by atoms with Crippen LogP contribution in [-0.4, -0.2) is 25.8 Å². The summed E-state index contributed by atoms with van der Waals surface area (Å²) >= 11 is 8.73. The van der Waals surface area contributed by atoms with Gasteiger partial charge in [-0.05, 0) is 25.0 Å². The van der Waals surface area contributed by atoms with Crippen LogP contribution in [-0.2, 0) is 0 Å². The van der Waals surface area contributed by atoms with Gasteiger partial charge in [-0.15, -0.1) is 0 Å². The standard InChI is InChI=1S/C13H16ClIN4/c14-10-5-3-6-11-12(10)19(13(16)17-11)9-4-1-2-7-18(15)8-9/h3,5-6,9H,1-2,4,7-8H2,(H2,16,17)/t9-/m0/s1. The Balaban J connectivity index is 2.10. The number of nitrogen functional groups attached to an aromatic ring is 1. The maximum Gasteiger partial charge on any atom is 0.201 e. The lowest BCUT2D eigenvalue weighted by atomic mass is 10.1. The molecule has 2 heterocycles. The van der Waals surface area contributed by atoms with E-state index in [-0.39, 0.29) is 0 Å². The van der Waals surface area contributed by atoms with E-state index in [4.69, 9.17) is 17.3 Å². The highest BCUT2D eigenvalue weighted by Gasteiger charge is 2.23. The lowest BCUT2D eigenvalue weighted by Crippen LogP contribution is -2.22. The largest absolute Gasteiger partial charge is 0.369 e. The summed E-state index contributed by atoms with van der Waals surface area (Å²) in [7, 11) is 0. The van der Waals surface area contributed by atoms with Gasteiger partial charge in [-0.1, -0.05) is 24.1 Å². The molecule has 4 nitrogen and oxygen atoms in total. The van der Waals surface area contributed by atoms with Gasteiger partial charge in [0.25, 0.3) is 0 Å². The Kier molecular flexibility index (Phi) is 3.86. The van der Waals surface area contributed by atoms with Gasteiger partial charge in [-0.3, -0.25) is 0 Å². The summed E-state index contributed by atoms with van der Waals surface area (Å²) in [6, 6.07) is 6.13. The highest BCUT2D eigenvalue weighted by Crippen LogP contribution is 2.33. The highest BCUT2D eigenvalue weighted by molar-refractivity contribution is 14.1. The first-order valence-electron chi connectivity index (χ1n) is 6.49. The Labute approximate surface area is 131 Å². The van der Waals surface area contributed by atoms with E-state index in [2.05, 4.69) is 35.5 Å². The zero-order chi connectivity index (χ0) is 13.4. The van der Waals surface area contributed by atoms with Gasteiger partial charge >= 0.3 is 0 Å². The molecule has 0 spiro atoms. The van der Waals surface area contributed by atoms with Crippen LogP contribution in [0.15, 0.2) is 18.2 Å². The molecule has 19 heavy (non-hydrogen) atoms. The van der Waals surface area contributed by atoms with Gasteiger partial charge in [0.05, 0.1) is 22.1 Å². The van der Waals surface area contributed by atoms with Gasteiger partial charge in [0.2, 0.25) is 5.95 Å². The quantitative estimate of drug-likeness (QED) is 0.597.